The molecule has 1 aromatic heterocycles. The van der Waals surface area contributed by atoms with Crippen LogP contribution in [-0.2, 0) is 25.5 Å². The predicted molar refractivity (Wildman–Crippen MR) is 107 cm³/mol. The first-order valence-corrected chi connectivity index (χ1v) is 9.89. The van der Waals surface area contributed by atoms with E-state index in [0.29, 0.717) is 11.6 Å². The van der Waals surface area contributed by atoms with Crippen molar-refractivity contribution in [2.24, 2.45) is 0 Å². The fourth-order valence-electron chi connectivity index (χ4n) is 2.40. The van der Waals surface area contributed by atoms with E-state index >= 15 is 0 Å². The average molecular weight is 405 g/mol. The number of benzene rings is 1. The molecule has 0 atom stereocenters. The summed E-state index contributed by atoms with van der Waals surface area (Å²) in [4.78, 5) is 35.5. The Kier molecular flexibility index (Phi) is 8.06. The summed E-state index contributed by atoms with van der Waals surface area (Å²) in [5.41, 5.74) is 2.71. The van der Waals surface area contributed by atoms with Crippen molar-refractivity contribution >= 4 is 41.1 Å². The Balaban J connectivity index is 1.68. The Labute approximate surface area is 167 Å². The number of hydrogen-bond acceptors (Lipinski definition) is 7. The summed E-state index contributed by atoms with van der Waals surface area (Å²) in [6, 6.07) is 7.37. The second-order valence-electron chi connectivity index (χ2n) is 6.04. The van der Waals surface area contributed by atoms with Crippen LogP contribution in [0.5, 0.6) is 0 Å². The van der Waals surface area contributed by atoms with Gasteiger partial charge in [-0.1, -0.05) is 30.3 Å². The Bertz CT molecular complexity index is 850. The van der Waals surface area contributed by atoms with Crippen LogP contribution in [0.15, 0.2) is 28.8 Å². The van der Waals surface area contributed by atoms with E-state index in [9.17, 15) is 14.4 Å². The molecular formula is C19H23N3O5S. The van der Waals surface area contributed by atoms with Crippen molar-refractivity contribution in [1.29, 1.82) is 0 Å². The number of aromatic nitrogens is 1. The third kappa shape index (κ3) is 6.73. The average Bonchev–Trinajstić information content (AvgIpc) is 3.06. The van der Waals surface area contributed by atoms with Crippen molar-refractivity contribution in [2.45, 2.75) is 27.2 Å². The molecule has 0 aliphatic rings. The van der Waals surface area contributed by atoms with Crippen LogP contribution >= 0.6 is 11.8 Å². The molecule has 2 N–H and O–H groups in total. The van der Waals surface area contributed by atoms with Crippen LogP contribution in [-0.4, -0.2) is 41.1 Å². The minimum atomic E-state index is -0.564. The van der Waals surface area contributed by atoms with Gasteiger partial charge in [-0.15, -0.1) is 11.8 Å². The second-order valence-corrected chi connectivity index (χ2v) is 7.02. The number of rotatable bonds is 9. The zero-order chi connectivity index (χ0) is 20.5. The van der Waals surface area contributed by atoms with Crippen molar-refractivity contribution in [3.8, 4) is 0 Å². The lowest BCUT2D eigenvalue weighted by molar-refractivity contribution is -0.144. The number of nitrogens with one attached hydrogen (secondary N) is 2. The molecule has 0 saturated heterocycles. The zero-order valence-electron chi connectivity index (χ0n) is 16.0. The fourth-order valence-corrected chi connectivity index (χ4v) is 3.01. The Hall–Kier alpha value is -2.81. The summed E-state index contributed by atoms with van der Waals surface area (Å²) in [5.74, 6) is -0.353. The smallest absolute Gasteiger partial charge is 0.316 e. The maximum absolute atomic E-state index is 12.0. The highest BCUT2D eigenvalue weighted by molar-refractivity contribution is 8.00. The SMILES string of the molecule is CCc1cccc(C)c1NC(=O)COC(=O)CSCC(=O)Nc1cc(C)on1. The van der Waals surface area contributed by atoms with Crippen LogP contribution in [0, 0.1) is 13.8 Å². The van der Waals surface area contributed by atoms with Gasteiger partial charge in [0.25, 0.3) is 5.91 Å². The lowest BCUT2D eigenvalue weighted by Crippen LogP contribution is -2.23. The maximum atomic E-state index is 12.0. The number of ether oxygens (including phenoxy) is 1. The van der Waals surface area contributed by atoms with Crippen LogP contribution < -0.4 is 10.6 Å². The number of carbonyl (C=O) groups is 3. The summed E-state index contributed by atoms with van der Waals surface area (Å²) in [6.07, 6.45) is 0.781. The van der Waals surface area contributed by atoms with Gasteiger partial charge in [0, 0.05) is 11.8 Å². The number of amides is 2. The first-order valence-electron chi connectivity index (χ1n) is 8.74. The Morgan fingerprint density at radius 1 is 1.14 bits per heavy atom. The molecule has 2 aromatic rings. The Morgan fingerprint density at radius 3 is 2.61 bits per heavy atom. The molecule has 8 nitrogen and oxygen atoms in total. The molecule has 0 spiro atoms. The van der Waals surface area contributed by atoms with Crippen LogP contribution in [0.4, 0.5) is 11.5 Å². The fraction of sp³-hybridized carbons (Fsp3) is 0.368. The maximum Gasteiger partial charge on any atom is 0.316 e. The highest BCUT2D eigenvalue weighted by Gasteiger charge is 2.12. The number of anilines is 2. The first-order chi connectivity index (χ1) is 13.4. The monoisotopic (exact) mass is 405 g/mol. The van der Waals surface area contributed by atoms with E-state index in [-0.39, 0.29) is 24.0 Å². The van der Waals surface area contributed by atoms with Crippen molar-refractivity contribution in [2.75, 3.05) is 28.7 Å². The molecule has 2 amide bonds. The highest BCUT2D eigenvalue weighted by Crippen LogP contribution is 2.20. The van der Waals surface area contributed by atoms with E-state index in [2.05, 4.69) is 15.8 Å². The van der Waals surface area contributed by atoms with Gasteiger partial charge in [0.2, 0.25) is 5.91 Å². The standard InChI is InChI=1S/C19H23N3O5S/c1-4-14-7-5-6-12(2)19(14)21-16(23)9-26-18(25)11-28-10-17(24)20-15-8-13(3)27-22-15/h5-8H,4,9-11H2,1-3H3,(H,21,23)(H,20,22,24). The van der Waals surface area contributed by atoms with Gasteiger partial charge in [-0.3, -0.25) is 14.4 Å². The molecule has 1 heterocycles. The van der Waals surface area contributed by atoms with Crippen molar-refractivity contribution in [1.82, 2.24) is 5.16 Å². The van der Waals surface area contributed by atoms with Crippen LogP contribution in [0.3, 0.4) is 0 Å². The van der Waals surface area contributed by atoms with E-state index < -0.39 is 11.9 Å². The quantitative estimate of drug-likeness (QED) is 0.617. The molecule has 0 aliphatic heterocycles. The minimum absolute atomic E-state index is 0.0386. The normalized spacial score (nSPS) is 10.4. The van der Waals surface area contributed by atoms with Gasteiger partial charge in [0.15, 0.2) is 12.4 Å². The Morgan fingerprint density at radius 2 is 1.93 bits per heavy atom. The van der Waals surface area contributed by atoms with Gasteiger partial charge in [-0.2, -0.15) is 0 Å². The molecular weight excluding hydrogens is 382 g/mol. The summed E-state index contributed by atoms with van der Waals surface area (Å²) in [7, 11) is 0. The molecule has 28 heavy (non-hydrogen) atoms. The van der Waals surface area contributed by atoms with Gasteiger partial charge in [-0.05, 0) is 31.4 Å². The number of esters is 1. The largest absolute Gasteiger partial charge is 0.455 e. The number of nitrogens with zero attached hydrogens (tertiary/aromatic N) is 1. The van der Waals surface area contributed by atoms with E-state index in [4.69, 9.17) is 9.26 Å². The molecule has 0 saturated carbocycles. The molecule has 0 bridgehead atoms. The number of para-hydroxylation sites is 1. The van der Waals surface area contributed by atoms with Crippen molar-refractivity contribution < 1.29 is 23.6 Å². The molecule has 0 fully saturated rings. The van der Waals surface area contributed by atoms with Gasteiger partial charge < -0.3 is 19.9 Å². The van der Waals surface area contributed by atoms with Crippen LogP contribution in [0.25, 0.3) is 0 Å². The minimum Gasteiger partial charge on any atom is -0.455 e. The van der Waals surface area contributed by atoms with Gasteiger partial charge in [0.1, 0.15) is 5.76 Å². The van der Waals surface area contributed by atoms with Crippen molar-refractivity contribution in [3.05, 3.63) is 41.2 Å². The van der Waals surface area contributed by atoms with E-state index in [1.807, 2.05) is 32.0 Å². The third-order valence-corrected chi connectivity index (χ3v) is 4.62. The van der Waals surface area contributed by atoms with Crippen LogP contribution in [0.2, 0.25) is 0 Å². The summed E-state index contributed by atoms with van der Waals surface area (Å²) in [6.45, 7) is 5.25. The van der Waals surface area contributed by atoms with Gasteiger partial charge in [0.05, 0.1) is 11.5 Å². The molecule has 2 rings (SSSR count). The summed E-state index contributed by atoms with van der Waals surface area (Å²) in [5, 5.41) is 8.98. The first kappa shape index (κ1) is 21.5. The van der Waals surface area contributed by atoms with E-state index in [1.54, 1.807) is 13.0 Å². The second kappa shape index (κ2) is 10.5. The summed E-state index contributed by atoms with van der Waals surface area (Å²) >= 11 is 1.08. The van der Waals surface area contributed by atoms with Crippen LogP contribution in [0.1, 0.15) is 23.8 Å². The third-order valence-electron chi connectivity index (χ3n) is 3.72. The number of hydrogen-bond donors (Lipinski definition) is 2. The number of carbonyl (C=O) groups excluding carboxylic acids is 3. The van der Waals surface area contributed by atoms with E-state index in [1.165, 1.54) is 0 Å². The summed E-state index contributed by atoms with van der Waals surface area (Å²) < 4.78 is 9.81. The number of thioether (sulfide) groups is 1. The lowest BCUT2D eigenvalue weighted by Gasteiger charge is -2.13. The van der Waals surface area contributed by atoms with Crippen molar-refractivity contribution in [3.63, 3.8) is 0 Å². The number of aryl methyl sites for hydroxylation is 3. The molecule has 9 heteroatoms. The lowest BCUT2D eigenvalue weighted by atomic mass is 10.1. The molecule has 150 valence electrons. The molecule has 1 aromatic carbocycles. The van der Waals surface area contributed by atoms with Gasteiger partial charge in [-0.25, -0.2) is 0 Å². The molecule has 0 aliphatic carbocycles. The topological polar surface area (TPSA) is 111 Å². The molecule has 0 radical (unpaired) electrons. The van der Waals surface area contributed by atoms with E-state index in [0.717, 1.165) is 35.0 Å². The highest BCUT2D eigenvalue weighted by atomic mass is 32.2. The predicted octanol–water partition coefficient (Wildman–Crippen LogP) is 2.71. The zero-order valence-corrected chi connectivity index (χ0v) is 16.9. The molecule has 0 unspecified atom stereocenters. The van der Waals surface area contributed by atoms with Gasteiger partial charge >= 0.3 is 5.97 Å².